The highest BCUT2D eigenvalue weighted by Gasteiger charge is 2.31. The lowest BCUT2D eigenvalue weighted by Gasteiger charge is -2.32. The van der Waals surface area contributed by atoms with E-state index in [0.717, 1.165) is 31.2 Å². The number of rotatable bonds is 7. The quantitative estimate of drug-likeness (QED) is 0.501. The fourth-order valence-electron chi connectivity index (χ4n) is 4.36. The second-order valence-electron chi connectivity index (χ2n) is 9.43. The molecule has 4 heteroatoms. The highest BCUT2D eigenvalue weighted by molar-refractivity contribution is 5.75. The van der Waals surface area contributed by atoms with E-state index in [0.29, 0.717) is 0 Å². The molecule has 4 nitrogen and oxygen atoms in total. The number of ether oxygens (including phenoxy) is 2. The zero-order valence-corrected chi connectivity index (χ0v) is 18.9. The molecule has 2 aromatic carbocycles. The summed E-state index contributed by atoms with van der Waals surface area (Å²) in [5.41, 5.74) is 1.63. The van der Waals surface area contributed by atoms with Gasteiger partial charge in [0.2, 0.25) is 0 Å². The topological polar surface area (TPSA) is 52.6 Å². The van der Waals surface area contributed by atoms with Gasteiger partial charge in [0.25, 0.3) is 0 Å². The van der Waals surface area contributed by atoms with Crippen molar-refractivity contribution in [1.29, 1.82) is 0 Å². The molecule has 0 bridgehead atoms. The average Bonchev–Trinajstić information content (AvgIpc) is 2.73. The molecular formula is C27H34O4. The third-order valence-corrected chi connectivity index (χ3v) is 5.73. The summed E-state index contributed by atoms with van der Waals surface area (Å²) in [6.07, 6.45) is 4.35. The Kier molecular flexibility index (Phi) is 7.89. The normalized spacial score (nSPS) is 20.0. The third kappa shape index (κ3) is 7.23. The second-order valence-corrected chi connectivity index (χ2v) is 9.43. The zero-order valence-electron chi connectivity index (χ0n) is 18.9. The number of carbonyl (C=O) groups is 2. The van der Waals surface area contributed by atoms with Crippen LogP contribution in [0.1, 0.15) is 82.3 Å². The van der Waals surface area contributed by atoms with Crippen LogP contribution in [0.2, 0.25) is 0 Å². The van der Waals surface area contributed by atoms with Crippen molar-refractivity contribution in [2.24, 2.45) is 0 Å². The number of carbonyl (C=O) groups excluding carboxylic acids is 2. The molecule has 0 N–H and O–H groups in total. The molecule has 1 saturated carbocycles. The fraction of sp³-hybridized carbons (Fsp3) is 0.481. The highest BCUT2D eigenvalue weighted by atomic mass is 16.6. The maximum atomic E-state index is 13.0. The maximum Gasteiger partial charge on any atom is 0.306 e. The molecule has 0 aromatic heterocycles. The summed E-state index contributed by atoms with van der Waals surface area (Å²) in [6, 6.07) is 20.0. The van der Waals surface area contributed by atoms with Crippen molar-refractivity contribution >= 4 is 11.9 Å². The largest absolute Gasteiger partial charge is 0.462 e. The lowest BCUT2D eigenvalue weighted by molar-refractivity contribution is -0.156. The van der Waals surface area contributed by atoms with Gasteiger partial charge in [0.05, 0.1) is 12.8 Å². The van der Waals surface area contributed by atoms with E-state index in [1.807, 2.05) is 69.3 Å². The molecule has 0 saturated heterocycles. The number of hydrogen-bond donors (Lipinski definition) is 0. The van der Waals surface area contributed by atoms with Gasteiger partial charge in [-0.25, -0.2) is 0 Å². The standard InChI is InChI=1S/C27H34O4/c1-27(2,3)31-26(29)19-22(20-12-6-4-7-13-20)18-25(28)30-24-17-11-10-16-23(24)21-14-8-5-9-15-21/h4-9,12-15,22-24H,10-11,16-19H2,1-3H3/t22-,23+,24-/m1/s1. The molecule has 1 aliphatic carbocycles. The Labute approximate surface area is 186 Å². The molecule has 0 heterocycles. The van der Waals surface area contributed by atoms with Crippen molar-refractivity contribution in [1.82, 2.24) is 0 Å². The van der Waals surface area contributed by atoms with Gasteiger partial charge in [0, 0.05) is 11.8 Å². The van der Waals surface area contributed by atoms with Gasteiger partial charge in [-0.1, -0.05) is 67.1 Å². The van der Waals surface area contributed by atoms with Crippen LogP contribution >= 0.6 is 0 Å². The van der Waals surface area contributed by atoms with Crippen LogP contribution in [-0.2, 0) is 19.1 Å². The summed E-state index contributed by atoms with van der Waals surface area (Å²) in [4.78, 5) is 25.4. The Morgan fingerprint density at radius 2 is 1.45 bits per heavy atom. The molecular weight excluding hydrogens is 388 g/mol. The highest BCUT2D eigenvalue weighted by Crippen LogP contribution is 2.36. The first-order valence-electron chi connectivity index (χ1n) is 11.3. The Morgan fingerprint density at radius 1 is 0.871 bits per heavy atom. The van der Waals surface area contributed by atoms with Crippen LogP contribution in [0.15, 0.2) is 60.7 Å². The summed E-state index contributed by atoms with van der Waals surface area (Å²) in [7, 11) is 0. The average molecular weight is 423 g/mol. The van der Waals surface area contributed by atoms with E-state index in [9.17, 15) is 9.59 Å². The van der Waals surface area contributed by atoms with E-state index in [2.05, 4.69) is 12.1 Å². The van der Waals surface area contributed by atoms with E-state index >= 15 is 0 Å². The molecule has 0 aliphatic heterocycles. The van der Waals surface area contributed by atoms with Gasteiger partial charge in [0.15, 0.2) is 0 Å². The maximum absolute atomic E-state index is 13.0. The van der Waals surface area contributed by atoms with Gasteiger partial charge >= 0.3 is 11.9 Å². The molecule has 0 unspecified atom stereocenters. The van der Waals surface area contributed by atoms with Crippen molar-refractivity contribution in [2.45, 2.75) is 82.8 Å². The Hall–Kier alpha value is -2.62. The van der Waals surface area contributed by atoms with Crippen LogP contribution in [0.25, 0.3) is 0 Å². The predicted octanol–water partition coefficient (Wildman–Crippen LogP) is 6.16. The Morgan fingerprint density at radius 3 is 2.10 bits per heavy atom. The first-order valence-corrected chi connectivity index (χ1v) is 11.3. The van der Waals surface area contributed by atoms with Crippen LogP contribution in [0.5, 0.6) is 0 Å². The lowest BCUT2D eigenvalue weighted by Crippen LogP contribution is -2.30. The van der Waals surface area contributed by atoms with Crippen LogP contribution in [0.4, 0.5) is 0 Å². The molecule has 3 rings (SSSR count). The molecule has 0 spiro atoms. The lowest BCUT2D eigenvalue weighted by atomic mass is 9.81. The molecule has 0 amide bonds. The van der Waals surface area contributed by atoms with Gasteiger partial charge in [0.1, 0.15) is 11.7 Å². The SMILES string of the molecule is CC(C)(C)OC(=O)C[C@@H](CC(=O)O[C@@H]1CCCC[C@H]1c1ccccc1)c1ccccc1. The van der Waals surface area contributed by atoms with Gasteiger partial charge < -0.3 is 9.47 Å². The van der Waals surface area contributed by atoms with Gasteiger partial charge in [-0.05, 0) is 51.2 Å². The van der Waals surface area contributed by atoms with Crippen molar-refractivity contribution < 1.29 is 19.1 Å². The third-order valence-electron chi connectivity index (χ3n) is 5.73. The van der Waals surface area contributed by atoms with E-state index in [4.69, 9.17) is 9.47 Å². The summed E-state index contributed by atoms with van der Waals surface area (Å²) in [5.74, 6) is -0.568. The van der Waals surface area contributed by atoms with Crippen molar-refractivity contribution in [2.75, 3.05) is 0 Å². The van der Waals surface area contributed by atoms with E-state index in [1.165, 1.54) is 5.56 Å². The van der Waals surface area contributed by atoms with E-state index < -0.39 is 5.60 Å². The molecule has 1 fully saturated rings. The molecule has 3 atom stereocenters. The number of hydrogen-bond acceptors (Lipinski definition) is 4. The molecule has 1 aliphatic rings. The number of esters is 2. The summed E-state index contributed by atoms with van der Waals surface area (Å²) in [6.45, 7) is 5.55. The smallest absolute Gasteiger partial charge is 0.306 e. The summed E-state index contributed by atoms with van der Waals surface area (Å²) < 4.78 is 11.5. The van der Waals surface area contributed by atoms with Crippen LogP contribution in [0.3, 0.4) is 0 Å². The first-order chi connectivity index (χ1) is 14.8. The number of benzene rings is 2. The van der Waals surface area contributed by atoms with Crippen LogP contribution in [0, 0.1) is 0 Å². The monoisotopic (exact) mass is 422 g/mol. The van der Waals surface area contributed by atoms with E-state index in [-0.39, 0.29) is 42.7 Å². The summed E-state index contributed by atoms with van der Waals surface area (Å²) in [5, 5.41) is 0. The van der Waals surface area contributed by atoms with Gasteiger partial charge in [-0.2, -0.15) is 0 Å². The molecule has 166 valence electrons. The summed E-state index contributed by atoms with van der Waals surface area (Å²) >= 11 is 0. The minimum atomic E-state index is -0.552. The van der Waals surface area contributed by atoms with Gasteiger partial charge in [-0.15, -0.1) is 0 Å². The van der Waals surface area contributed by atoms with Crippen molar-refractivity contribution in [3.05, 3.63) is 71.8 Å². The fourth-order valence-corrected chi connectivity index (χ4v) is 4.36. The van der Waals surface area contributed by atoms with Crippen molar-refractivity contribution in [3.8, 4) is 0 Å². The molecule has 31 heavy (non-hydrogen) atoms. The Bertz CT molecular complexity index is 839. The second kappa shape index (κ2) is 10.6. The predicted molar refractivity (Wildman–Crippen MR) is 122 cm³/mol. The minimum Gasteiger partial charge on any atom is -0.462 e. The minimum absolute atomic E-state index is 0.110. The van der Waals surface area contributed by atoms with Gasteiger partial charge in [-0.3, -0.25) is 9.59 Å². The van der Waals surface area contributed by atoms with Crippen LogP contribution in [-0.4, -0.2) is 23.6 Å². The Balaban J connectivity index is 1.68. The zero-order chi connectivity index (χ0) is 22.3. The molecule has 2 aromatic rings. The first kappa shape index (κ1) is 23.1. The molecule has 0 radical (unpaired) electrons. The van der Waals surface area contributed by atoms with Crippen molar-refractivity contribution in [3.63, 3.8) is 0 Å². The van der Waals surface area contributed by atoms with E-state index in [1.54, 1.807) is 0 Å². The van der Waals surface area contributed by atoms with Crippen LogP contribution < -0.4 is 0 Å².